The van der Waals surface area contributed by atoms with E-state index in [1.54, 1.807) is 12.4 Å². The lowest BCUT2D eigenvalue weighted by Crippen LogP contribution is -2.30. The Morgan fingerprint density at radius 2 is 2.11 bits per heavy atom. The number of carbonyl (C=O) groups is 1. The Hall–Kier alpha value is -2.82. The topological polar surface area (TPSA) is 58.2 Å². The second-order valence-corrected chi connectivity index (χ2v) is 7.07. The number of aromatic amines is 1. The molecule has 1 amide bonds. The number of ether oxygens (including phenoxy) is 1. The van der Waals surface area contributed by atoms with Gasteiger partial charge in [0.1, 0.15) is 11.4 Å². The summed E-state index contributed by atoms with van der Waals surface area (Å²) >= 11 is 0. The zero-order valence-electron chi connectivity index (χ0n) is 15.6. The molecule has 3 heterocycles. The monoisotopic (exact) mass is 363 g/mol. The minimum atomic E-state index is 0.0546. The molecule has 2 aromatic heterocycles. The van der Waals surface area contributed by atoms with Crippen molar-refractivity contribution >= 4 is 16.8 Å². The number of aromatic nitrogens is 2. The van der Waals surface area contributed by atoms with Crippen molar-refractivity contribution in [2.24, 2.45) is 0 Å². The van der Waals surface area contributed by atoms with Gasteiger partial charge < -0.3 is 14.6 Å². The van der Waals surface area contributed by atoms with Gasteiger partial charge >= 0.3 is 0 Å². The summed E-state index contributed by atoms with van der Waals surface area (Å²) in [4.78, 5) is 22.5. The van der Waals surface area contributed by atoms with Crippen molar-refractivity contribution in [2.45, 2.75) is 38.6 Å². The zero-order chi connectivity index (χ0) is 18.6. The second kappa shape index (κ2) is 7.82. The van der Waals surface area contributed by atoms with Crippen molar-refractivity contribution in [3.8, 4) is 5.75 Å². The number of carbonyl (C=O) groups excluding carboxylic acids is 1. The molecule has 1 aliphatic heterocycles. The fourth-order valence-electron chi connectivity index (χ4n) is 3.74. The number of hydrogen-bond donors (Lipinski definition) is 1. The predicted molar refractivity (Wildman–Crippen MR) is 106 cm³/mol. The van der Waals surface area contributed by atoms with E-state index in [1.807, 2.05) is 41.3 Å². The van der Waals surface area contributed by atoms with Crippen LogP contribution in [0.5, 0.6) is 5.75 Å². The van der Waals surface area contributed by atoms with Crippen molar-refractivity contribution in [1.29, 1.82) is 0 Å². The van der Waals surface area contributed by atoms with Crippen LogP contribution in [0.15, 0.2) is 48.8 Å². The van der Waals surface area contributed by atoms with Crippen molar-refractivity contribution in [2.75, 3.05) is 13.2 Å². The lowest BCUT2D eigenvalue weighted by Gasteiger charge is -2.24. The van der Waals surface area contributed by atoms with E-state index < -0.39 is 0 Å². The van der Waals surface area contributed by atoms with Gasteiger partial charge in [-0.3, -0.25) is 9.78 Å². The number of fused-ring (bicyclic) bond motifs is 1. The number of rotatable bonds is 6. The molecule has 5 heteroatoms. The minimum Gasteiger partial charge on any atom is -0.494 e. The first-order valence-corrected chi connectivity index (χ1v) is 9.72. The fraction of sp³-hybridized carbons (Fsp3) is 0.364. The minimum absolute atomic E-state index is 0.0546. The summed E-state index contributed by atoms with van der Waals surface area (Å²) in [5, 5.41) is 1.03. The average Bonchev–Trinajstić information content (AvgIpc) is 3.35. The van der Waals surface area contributed by atoms with Crippen LogP contribution in [-0.2, 0) is 0 Å². The molecular weight excluding hydrogens is 338 g/mol. The van der Waals surface area contributed by atoms with E-state index in [-0.39, 0.29) is 11.9 Å². The molecule has 3 aromatic rings. The molecule has 0 aliphatic carbocycles. The number of H-pyrrole nitrogens is 1. The number of unbranched alkanes of at least 4 members (excludes halogenated alkanes) is 1. The summed E-state index contributed by atoms with van der Waals surface area (Å²) in [6.45, 7) is 3.65. The van der Waals surface area contributed by atoms with Gasteiger partial charge in [0, 0.05) is 35.9 Å². The number of pyridine rings is 1. The highest BCUT2D eigenvalue weighted by Gasteiger charge is 2.31. The molecule has 1 aromatic carbocycles. The van der Waals surface area contributed by atoms with Gasteiger partial charge in [-0.25, -0.2) is 0 Å². The van der Waals surface area contributed by atoms with Gasteiger partial charge in [0.15, 0.2) is 0 Å². The number of hydrogen-bond acceptors (Lipinski definition) is 3. The maximum Gasteiger partial charge on any atom is 0.270 e. The summed E-state index contributed by atoms with van der Waals surface area (Å²) in [5.41, 5.74) is 2.72. The fourth-order valence-corrected chi connectivity index (χ4v) is 3.74. The summed E-state index contributed by atoms with van der Waals surface area (Å²) < 4.78 is 5.78. The Balaban J connectivity index is 1.55. The van der Waals surface area contributed by atoms with Gasteiger partial charge in [0.05, 0.1) is 12.6 Å². The molecule has 0 radical (unpaired) electrons. The van der Waals surface area contributed by atoms with Crippen LogP contribution in [0, 0.1) is 0 Å². The molecule has 140 valence electrons. The summed E-state index contributed by atoms with van der Waals surface area (Å²) in [6, 6.07) is 12.0. The SMILES string of the molecule is CCCCOc1ccc2cc(C(=O)N3CCCC3c3ccncc3)[nH]c2c1. The molecule has 1 fully saturated rings. The lowest BCUT2D eigenvalue weighted by atomic mass is 10.1. The highest BCUT2D eigenvalue weighted by atomic mass is 16.5. The van der Waals surface area contributed by atoms with Crippen LogP contribution < -0.4 is 4.74 Å². The van der Waals surface area contributed by atoms with Gasteiger partial charge in [-0.05, 0) is 55.2 Å². The van der Waals surface area contributed by atoms with Crippen LogP contribution in [0.1, 0.15) is 54.7 Å². The normalized spacial score (nSPS) is 16.8. The number of nitrogens with one attached hydrogen (secondary N) is 1. The molecular formula is C22H25N3O2. The molecule has 4 rings (SSSR count). The highest BCUT2D eigenvalue weighted by Crippen LogP contribution is 2.33. The van der Waals surface area contributed by atoms with E-state index in [2.05, 4.69) is 16.9 Å². The average molecular weight is 363 g/mol. The lowest BCUT2D eigenvalue weighted by molar-refractivity contribution is 0.0730. The van der Waals surface area contributed by atoms with E-state index in [0.717, 1.165) is 61.1 Å². The Kier molecular flexibility index (Phi) is 5.10. The first-order valence-electron chi connectivity index (χ1n) is 9.72. The molecule has 1 aliphatic rings. The van der Waals surface area contributed by atoms with Crippen molar-refractivity contribution in [3.05, 3.63) is 60.0 Å². The van der Waals surface area contributed by atoms with Gasteiger partial charge in [0.25, 0.3) is 5.91 Å². The van der Waals surface area contributed by atoms with Crippen LogP contribution in [0.25, 0.3) is 10.9 Å². The van der Waals surface area contributed by atoms with Gasteiger partial charge in [0.2, 0.25) is 0 Å². The maximum absolute atomic E-state index is 13.1. The number of likely N-dealkylation sites (tertiary alicyclic amines) is 1. The van der Waals surface area contributed by atoms with E-state index in [4.69, 9.17) is 4.74 Å². The van der Waals surface area contributed by atoms with Gasteiger partial charge in [-0.1, -0.05) is 13.3 Å². The van der Waals surface area contributed by atoms with Crippen molar-refractivity contribution in [3.63, 3.8) is 0 Å². The first kappa shape index (κ1) is 17.6. The Morgan fingerprint density at radius 1 is 1.26 bits per heavy atom. The predicted octanol–water partition coefficient (Wildman–Crippen LogP) is 4.72. The van der Waals surface area contributed by atoms with Crippen molar-refractivity contribution in [1.82, 2.24) is 14.9 Å². The highest BCUT2D eigenvalue weighted by molar-refractivity contribution is 5.98. The third-order valence-corrected chi connectivity index (χ3v) is 5.20. The van der Waals surface area contributed by atoms with Crippen LogP contribution in [-0.4, -0.2) is 33.9 Å². The smallest absolute Gasteiger partial charge is 0.270 e. The van der Waals surface area contributed by atoms with E-state index >= 15 is 0 Å². The molecule has 1 N–H and O–H groups in total. The van der Waals surface area contributed by atoms with Gasteiger partial charge in [-0.2, -0.15) is 0 Å². The van der Waals surface area contributed by atoms with Crippen LogP contribution >= 0.6 is 0 Å². The third-order valence-electron chi connectivity index (χ3n) is 5.20. The molecule has 0 saturated carbocycles. The zero-order valence-corrected chi connectivity index (χ0v) is 15.6. The van der Waals surface area contributed by atoms with Crippen LogP contribution in [0.3, 0.4) is 0 Å². The van der Waals surface area contributed by atoms with E-state index in [9.17, 15) is 4.79 Å². The summed E-state index contributed by atoms with van der Waals surface area (Å²) in [6.07, 6.45) is 7.74. The van der Waals surface area contributed by atoms with E-state index in [0.29, 0.717) is 5.69 Å². The van der Waals surface area contributed by atoms with E-state index in [1.165, 1.54) is 0 Å². The molecule has 27 heavy (non-hydrogen) atoms. The summed E-state index contributed by atoms with van der Waals surface area (Å²) in [7, 11) is 0. The Labute approximate surface area is 159 Å². The van der Waals surface area contributed by atoms with Crippen molar-refractivity contribution < 1.29 is 9.53 Å². The molecule has 0 spiro atoms. The third kappa shape index (κ3) is 3.68. The summed E-state index contributed by atoms with van der Waals surface area (Å²) in [5.74, 6) is 0.895. The van der Waals surface area contributed by atoms with Crippen LogP contribution in [0.2, 0.25) is 0 Å². The number of benzene rings is 1. The maximum atomic E-state index is 13.1. The van der Waals surface area contributed by atoms with Gasteiger partial charge in [-0.15, -0.1) is 0 Å². The number of amides is 1. The molecule has 1 saturated heterocycles. The first-order chi connectivity index (χ1) is 13.3. The Morgan fingerprint density at radius 3 is 2.93 bits per heavy atom. The quantitative estimate of drug-likeness (QED) is 0.645. The second-order valence-electron chi connectivity index (χ2n) is 7.07. The Bertz CT molecular complexity index is 920. The molecule has 1 atom stereocenters. The molecule has 5 nitrogen and oxygen atoms in total. The largest absolute Gasteiger partial charge is 0.494 e. The molecule has 1 unspecified atom stereocenters. The van der Waals surface area contributed by atoms with Crippen LogP contribution in [0.4, 0.5) is 0 Å². The standard InChI is InChI=1S/C22H25N3O2/c1-2-3-13-27-18-7-6-17-14-20(24-19(17)15-18)22(26)25-12-4-5-21(25)16-8-10-23-11-9-16/h6-11,14-15,21,24H,2-5,12-13H2,1H3. The number of nitrogens with zero attached hydrogens (tertiary/aromatic N) is 2. The molecule has 0 bridgehead atoms.